The monoisotopic (exact) mass is 394 g/mol. The van der Waals surface area contributed by atoms with Gasteiger partial charge in [0.15, 0.2) is 17.5 Å². The lowest BCUT2D eigenvalue weighted by Gasteiger charge is -2.38. The smallest absolute Gasteiger partial charge is 0.330 e. The predicted molar refractivity (Wildman–Crippen MR) is 102 cm³/mol. The van der Waals surface area contributed by atoms with E-state index in [9.17, 15) is 18.0 Å². The van der Waals surface area contributed by atoms with E-state index in [1.54, 1.807) is 0 Å². The van der Waals surface area contributed by atoms with Gasteiger partial charge in [-0.25, -0.2) is 18.0 Å². The number of carbonyl (C=O) groups excluding carboxylic acids is 1. The van der Waals surface area contributed by atoms with Gasteiger partial charge >= 0.3 is 5.97 Å². The van der Waals surface area contributed by atoms with Crippen LogP contribution in [0.15, 0.2) is 24.8 Å². The second kappa shape index (κ2) is 9.62. The molecule has 0 aliphatic heterocycles. The van der Waals surface area contributed by atoms with Gasteiger partial charge in [0.25, 0.3) is 0 Å². The molecule has 0 unspecified atom stereocenters. The number of halogens is 3. The molecule has 0 bridgehead atoms. The minimum atomic E-state index is -1.35. The molecule has 2 nitrogen and oxygen atoms in total. The van der Waals surface area contributed by atoms with Gasteiger partial charge in [-0.15, -0.1) is 0 Å². The van der Waals surface area contributed by atoms with Crippen LogP contribution in [0, 0.1) is 35.2 Å². The Bertz CT molecular complexity index is 687. The number of hydrogen-bond acceptors (Lipinski definition) is 2. The van der Waals surface area contributed by atoms with Crippen molar-refractivity contribution in [2.45, 2.75) is 63.7 Å². The van der Waals surface area contributed by atoms with Gasteiger partial charge in [0, 0.05) is 6.08 Å². The molecule has 0 radical (unpaired) electrons. The van der Waals surface area contributed by atoms with Crippen molar-refractivity contribution in [2.75, 3.05) is 6.61 Å². The highest BCUT2D eigenvalue weighted by atomic mass is 19.2. The molecule has 2 saturated carbocycles. The fraction of sp³-hybridized carbons (Fsp3) is 0.609. The molecule has 2 aliphatic carbocycles. The molecule has 2 fully saturated rings. The number of esters is 1. The maximum absolute atomic E-state index is 14.1. The minimum Gasteiger partial charge on any atom is -0.463 e. The summed E-state index contributed by atoms with van der Waals surface area (Å²) >= 11 is 0. The fourth-order valence-electron chi connectivity index (χ4n) is 5.09. The molecule has 1 aromatic rings. The number of carbonyl (C=O) groups is 1. The van der Waals surface area contributed by atoms with Gasteiger partial charge in [-0.1, -0.05) is 25.5 Å². The average molecular weight is 394 g/mol. The maximum atomic E-state index is 14.1. The zero-order chi connectivity index (χ0) is 20.1. The SMILES string of the molecule is C=CC(=O)OCCC1CCC(C2CCC(c3ccc(F)c(F)c3F)CC2)CC1. The topological polar surface area (TPSA) is 26.3 Å². The lowest BCUT2D eigenvalue weighted by Crippen LogP contribution is -2.26. The highest BCUT2D eigenvalue weighted by Gasteiger charge is 2.32. The second-order valence-corrected chi connectivity index (χ2v) is 8.32. The molecule has 3 rings (SSSR count). The summed E-state index contributed by atoms with van der Waals surface area (Å²) in [5.74, 6) is -1.90. The first kappa shape index (κ1) is 20.9. The molecule has 5 heteroatoms. The van der Waals surface area contributed by atoms with Crippen molar-refractivity contribution >= 4 is 5.97 Å². The number of rotatable bonds is 6. The Kier molecular flexibility index (Phi) is 7.19. The van der Waals surface area contributed by atoms with Crippen molar-refractivity contribution in [1.29, 1.82) is 0 Å². The first-order valence-electron chi connectivity index (χ1n) is 10.4. The molecule has 154 valence electrons. The van der Waals surface area contributed by atoms with Crippen LogP contribution < -0.4 is 0 Å². The quantitative estimate of drug-likeness (QED) is 0.321. The van der Waals surface area contributed by atoms with Crippen LogP contribution in [0.3, 0.4) is 0 Å². The summed E-state index contributed by atoms with van der Waals surface area (Å²) in [6.45, 7) is 3.86. The zero-order valence-corrected chi connectivity index (χ0v) is 16.3. The third-order valence-electron chi connectivity index (χ3n) is 6.77. The Morgan fingerprint density at radius 1 is 0.964 bits per heavy atom. The van der Waals surface area contributed by atoms with E-state index < -0.39 is 17.5 Å². The molecule has 0 amide bonds. The summed E-state index contributed by atoms with van der Waals surface area (Å²) < 4.78 is 45.8. The molecule has 0 heterocycles. The van der Waals surface area contributed by atoms with E-state index in [0.717, 1.165) is 51.0 Å². The molecule has 0 atom stereocenters. The van der Waals surface area contributed by atoms with Crippen molar-refractivity contribution in [1.82, 2.24) is 0 Å². The third kappa shape index (κ3) is 4.98. The Hall–Kier alpha value is -1.78. The summed E-state index contributed by atoms with van der Waals surface area (Å²) in [6.07, 6.45) is 10.5. The van der Waals surface area contributed by atoms with Crippen molar-refractivity contribution in [2.24, 2.45) is 17.8 Å². The summed E-state index contributed by atoms with van der Waals surface area (Å²) in [5.41, 5.74) is 0.329. The lowest BCUT2D eigenvalue weighted by atomic mass is 9.68. The van der Waals surface area contributed by atoms with Crippen LogP contribution in [0.4, 0.5) is 13.2 Å². The van der Waals surface area contributed by atoms with Crippen LogP contribution >= 0.6 is 0 Å². The van der Waals surface area contributed by atoms with E-state index >= 15 is 0 Å². The van der Waals surface area contributed by atoms with E-state index in [-0.39, 0.29) is 11.9 Å². The van der Waals surface area contributed by atoms with Crippen LogP contribution in [0.5, 0.6) is 0 Å². The maximum Gasteiger partial charge on any atom is 0.330 e. The Morgan fingerprint density at radius 3 is 2.18 bits per heavy atom. The van der Waals surface area contributed by atoms with Gasteiger partial charge in [0.05, 0.1) is 6.61 Å². The third-order valence-corrected chi connectivity index (χ3v) is 6.77. The Labute approximate surface area is 165 Å². The molecule has 0 aromatic heterocycles. The summed E-state index contributed by atoms with van der Waals surface area (Å²) in [7, 11) is 0. The van der Waals surface area contributed by atoms with E-state index in [1.165, 1.54) is 25.0 Å². The average Bonchev–Trinajstić information content (AvgIpc) is 2.73. The second-order valence-electron chi connectivity index (χ2n) is 8.32. The van der Waals surface area contributed by atoms with Crippen LogP contribution in [0.2, 0.25) is 0 Å². The molecule has 2 aliphatic rings. The molecule has 28 heavy (non-hydrogen) atoms. The van der Waals surface area contributed by atoms with E-state index in [2.05, 4.69) is 6.58 Å². The number of benzene rings is 1. The molecule has 1 aromatic carbocycles. The predicted octanol–water partition coefficient (Wildman–Crippen LogP) is 6.30. The van der Waals surface area contributed by atoms with Crippen LogP contribution in [0.1, 0.15) is 69.3 Å². The largest absolute Gasteiger partial charge is 0.463 e. The molecule has 0 spiro atoms. The van der Waals surface area contributed by atoms with E-state index in [4.69, 9.17) is 4.74 Å². The van der Waals surface area contributed by atoms with Gasteiger partial charge in [-0.05, 0) is 80.2 Å². The van der Waals surface area contributed by atoms with Crippen LogP contribution in [0.25, 0.3) is 0 Å². The molecular formula is C23H29F3O2. The zero-order valence-electron chi connectivity index (χ0n) is 16.3. The molecular weight excluding hydrogens is 365 g/mol. The Balaban J connectivity index is 1.43. The van der Waals surface area contributed by atoms with Gasteiger partial charge in [0.2, 0.25) is 0 Å². The summed E-state index contributed by atoms with van der Waals surface area (Å²) in [6, 6.07) is 2.44. The molecule has 0 N–H and O–H groups in total. The van der Waals surface area contributed by atoms with E-state index in [1.807, 2.05) is 0 Å². The first-order chi connectivity index (χ1) is 13.5. The fourth-order valence-corrected chi connectivity index (χ4v) is 5.09. The van der Waals surface area contributed by atoms with Gasteiger partial charge in [0.1, 0.15) is 0 Å². The molecule has 0 saturated heterocycles. The summed E-state index contributed by atoms with van der Waals surface area (Å²) in [4.78, 5) is 11.1. The standard InChI is InChI=1S/C23H29F3O2/c1-2-21(27)28-14-13-15-3-5-16(6-4-15)17-7-9-18(10-8-17)19-11-12-20(24)23(26)22(19)25/h2,11-12,15-18H,1,3-10,13-14H2. The summed E-state index contributed by atoms with van der Waals surface area (Å²) in [5, 5.41) is 0. The number of hydrogen-bond donors (Lipinski definition) is 0. The normalized spacial score (nSPS) is 28.0. The highest BCUT2D eigenvalue weighted by Crippen LogP contribution is 2.44. The highest BCUT2D eigenvalue weighted by molar-refractivity contribution is 5.81. The van der Waals surface area contributed by atoms with Crippen molar-refractivity contribution in [3.8, 4) is 0 Å². The van der Waals surface area contributed by atoms with Gasteiger partial charge in [-0.2, -0.15) is 0 Å². The number of ether oxygens (including phenoxy) is 1. The van der Waals surface area contributed by atoms with Crippen molar-refractivity contribution in [3.05, 3.63) is 47.8 Å². The Morgan fingerprint density at radius 2 is 1.57 bits per heavy atom. The van der Waals surface area contributed by atoms with Crippen LogP contribution in [-0.2, 0) is 9.53 Å². The lowest BCUT2D eigenvalue weighted by molar-refractivity contribution is -0.138. The van der Waals surface area contributed by atoms with Gasteiger partial charge in [-0.3, -0.25) is 0 Å². The minimum absolute atomic E-state index is 0.0118. The van der Waals surface area contributed by atoms with Crippen molar-refractivity contribution < 1.29 is 22.7 Å². The van der Waals surface area contributed by atoms with E-state index in [0.29, 0.717) is 29.9 Å². The first-order valence-corrected chi connectivity index (χ1v) is 10.4. The van der Waals surface area contributed by atoms with Crippen LogP contribution in [-0.4, -0.2) is 12.6 Å². The van der Waals surface area contributed by atoms with Crippen molar-refractivity contribution in [3.63, 3.8) is 0 Å². The van der Waals surface area contributed by atoms with Gasteiger partial charge < -0.3 is 4.74 Å².